The molecule has 0 N–H and O–H groups in total. The second kappa shape index (κ2) is 8.50. The van der Waals surface area contributed by atoms with E-state index in [-0.39, 0.29) is 45.8 Å². The van der Waals surface area contributed by atoms with Crippen molar-refractivity contribution < 1.29 is 55.9 Å². The summed E-state index contributed by atoms with van der Waals surface area (Å²) in [7, 11) is -2.40. The quantitative estimate of drug-likeness (QED) is 0.639. The first-order valence-electron chi connectivity index (χ1n) is 8.17. The summed E-state index contributed by atoms with van der Waals surface area (Å²) < 4.78 is 67.7. The minimum absolute atomic E-state index is 0. The van der Waals surface area contributed by atoms with Gasteiger partial charge in [0.2, 0.25) is 0 Å². The summed E-state index contributed by atoms with van der Waals surface area (Å²) in [6.07, 6.45) is -2.11. The van der Waals surface area contributed by atoms with Crippen LogP contribution < -0.4 is 29.6 Å². The van der Waals surface area contributed by atoms with Crippen molar-refractivity contribution in [2.75, 3.05) is 13.6 Å². The molecule has 0 aliphatic carbocycles. The molecule has 1 aliphatic heterocycles. The predicted molar refractivity (Wildman–Crippen MR) is 95.0 cm³/mol. The predicted octanol–water partition coefficient (Wildman–Crippen LogP) is 0.180. The van der Waals surface area contributed by atoms with Gasteiger partial charge >= 0.3 is 35.7 Å². The van der Waals surface area contributed by atoms with Crippen LogP contribution in [0.15, 0.2) is 41.3 Å². The Hall–Kier alpha value is -1.82. The van der Waals surface area contributed by atoms with Gasteiger partial charge in [-0.15, -0.1) is 0 Å². The first-order valence-corrected chi connectivity index (χ1v) is 9.61. The Morgan fingerprint density at radius 3 is 2.31 bits per heavy atom. The van der Waals surface area contributed by atoms with Crippen molar-refractivity contribution in [3.8, 4) is 5.69 Å². The van der Waals surface area contributed by atoms with Crippen LogP contribution in [0.2, 0.25) is 0 Å². The molecule has 12 heteroatoms. The summed E-state index contributed by atoms with van der Waals surface area (Å²) >= 11 is 0. The van der Waals surface area contributed by atoms with Crippen molar-refractivity contribution in [1.82, 2.24) is 14.7 Å². The maximum atomic E-state index is 13.2. The zero-order valence-electron chi connectivity index (χ0n) is 15.9. The maximum Gasteiger partial charge on any atom is 1.00 e. The molecule has 0 unspecified atom stereocenters. The van der Waals surface area contributed by atoms with Crippen LogP contribution in [0.3, 0.4) is 0 Å². The fraction of sp³-hybridized carbons (Fsp3) is 0.294. The molecule has 0 bridgehead atoms. The van der Waals surface area contributed by atoms with E-state index >= 15 is 0 Å². The van der Waals surface area contributed by atoms with Gasteiger partial charge in [-0.2, -0.15) is 18.3 Å². The zero-order valence-corrected chi connectivity index (χ0v) is 18.8. The van der Waals surface area contributed by atoms with Crippen molar-refractivity contribution >= 4 is 21.6 Å². The molecule has 1 aromatic carbocycles. The first kappa shape index (κ1) is 23.5. The van der Waals surface area contributed by atoms with Gasteiger partial charge in [0, 0.05) is 13.6 Å². The number of halogens is 3. The summed E-state index contributed by atoms with van der Waals surface area (Å²) in [4.78, 5) is 12.5. The van der Waals surface area contributed by atoms with Crippen molar-refractivity contribution in [2.45, 2.75) is 24.4 Å². The topological polar surface area (TPSA) is 86.4 Å². The van der Waals surface area contributed by atoms with Crippen molar-refractivity contribution in [2.24, 2.45) is 0 Å². The summed E-state index contributed by atoms with van der Waals surface area (Å²) in [6.45, 7) is 1.68. The molecule has 0 saturated carbocycles. The molecule has 2 heterocycles. The summed E-state index contributed by atoms with van der Waals surface area (Å²) in [5.41, 5.74) is 0.0445. The average molecular weight is 436 g/mol. The van der Waals surface area contributed by atoms with E-state index in [1.807, 2.05) is 11.0 Å². The van der Waals surface area contributed by atoms with Gasteiger partial charge in [0.05, 0.1) is 27.9 Å². The van der Waals surface area contributed by atoms with Crippen LogP contribution in [0.4, 0.5) is 13.2 Å². The van der Waals surface area contributed by atoms with E-state index in [1.54, 1.807) is 7.05 Å². The Kier molecular flexibility index (Phi) is 6.88. The Morgan fingerprint density at radius 2 is 1.83 bits per heavy atom. The molecule has 150 valence electrons. The molecule has 1 aliphatic rings. The fourth-order valence-corrected chi connectivity index (χ4v) is 3.78. The Labute approximate surface area is 187 Å². The monoisotopic (exact) mass is 436 g/mol. The molecular formula is C17H16F3N4NaO3S. The van der Waals surface area contributed by atoms with Crippen LogP contribution in [-0.4, -0.2) is 42.6 Å². The average Bonchev–Trinajstić information content (AvgIpc) is 3.19. The number of rotatable bonds is 4. The van der Waals surface area contributed by atoms with Crippen molar-refractivity contribution in [1.29, 1.82) is 0 Å². The number of sulfonamides is 1. The SMILES string of the molecule is CC(=O)[N-]S(=O)(=O)c1ccc(-n2nc(C(F)(F)F)cc2C2=CCCN2C)cc1.[Na+]. The maximum absolute atomic E-state index is 13.2. The number of carbonyl (C=O) groups is 1. The van der Waals surface area contributed by atoms with Crippen LogP contribution in [0.5, 0.6) is 0 Å². The summed E-state index contributed by atoms with van der Waals surface area (Å²) in [6, 6.07) is 5.93. The molecule has 7 nitrogen and oxygen atoms in total. The second-order valence-electron chi connectivity index (χ2n) is 6.20. The normalized spacial score (nSPS) is 14.4. The van der Waals surface area contributed by atoms with Crippen LogP contribution in [0.25, 0.3) is 16.1 Å². The molecular weight excluding hydrogens is 420 g/mol. The second-order valence-corrected chi connectivity index (χ2v) is 7.81. The molecule has 29 heavy (non-hydrogen) atoms. The van der Waals surface area contributed by atoms with E-state index in [2.05, 4.69) is 9.82 Å². The van der Waals surface area contributed by atoms with Crippen LogP contribution in [0, 0.1) is 0 Å². The molecule has 0 fully saturated rings. The third-order valence-corrected chi connectivity index (χ3v) is 5.47. The van der Waals surface area contributed by atoms with Crippen molar-refractivity contribution in [3.05, 3.63) is 52.5 Å². The van der Waals surface area contributed by atoms with E-state index in [1.165, 1.54) is 24.3 Å². The number of nitrogens with zero attached hydrogens (tertiary/aromatic N) is 4. The molecule has 0 radical (unpaired) electrons. The molecule has 1 aromatic heterocycles. The zero-order chi connectivity index (χ0) is 20.7. The number of hydrogen-bond acceptors (Lipinski definition) is 5. The van der Waals surface area contributed by atoms with Crippen LogP contribution >= 0.6 is 0 Å². The van der Waals surface area contributed by atoms with E-state index in [4.69, 9.17) is 0 Å². The number of amides is 1. The summed E-state index contributed by atoms with van der Waals surface area (Å²) in [5.74, 6) is -0.871. The van der Waals surface area contributed by atoms with Crippen molar-refractivity contribution in [3.63, 3.8) is 0 Å². The number of benzene rings is 1. The van der Waals surface area contributed by atoms with Crippen LogP contribution in [-0.2, 0) is 21.0 Å². The van der Waals surface area contributed by atoms with Gasteiger partial charge in [0.15, 0.2) is 5.69 Å². The smallest absolute Gasteiger partial charge is 0.542 e. The Bertz CT molecular complexity index is 1050. The Balaban J connectivity index is 0.00000300. The number of carbonyl (C=O) groups excluding carboxylic acids is 1. The third kappa shape index (κ3) is 5.03. The van der Waals surface area contributed by atoms with Gasteiger partial charge in [0.25, 0.3) is 0 Å². The van der Waals surface area contributed by atoms with Gasteiger partial charge in [-0.1, -0.05) is 6.08 Å². The molecule has 0 saturated heterocycles. The minimum atomic E-state index is -4.62. The van der Waals surface area contributed by atoms with Gasteiger partial charge in [-0.05, 0) is 43.7 Å². The molecule has 3 rings (SSSR count). The number of hydrogen-bond donors (Lipinski definition) is 0. The van der Waals surface area contributed by atoms with Gasteiger partial charge in [-0.25, -0.2) is 13.1 Å². The number of alkyl halides is 3. The minimum Gasteiger partial charge on any atom is -0.542 e. The van der Waals surface area contributed by atoms with Crippen LogP contribution in [0.1, 0.15) is 24.7 Å². The molecule has 0 spiro atoms. The Morgan fingerprint density at radius 1 is 1.21 bits per heavy atom. The van der Waals surface area contributed by atoms with E-state index in [0.29, 0.717) is 18.7 Å². The van der Waals surface area contributed by atoms with E-state index < -0.39 is 27.8 Å². The molecule has 1 amide bonds. The molecule has 2 aromatic rings. The van der Waals surface area contributed by atoms with E-state index in [0.717, 1.165) is 17.7 Å². The summed E-state index contributed by atoms with van der Waals surface area (Å²) in [5, 5.41) is 3.67. The number of aromatic nitrogens is 2. The third-order valence-electron chi connectivity index (χ3n) is 4.10. The van der Waals surface area contributed by atoms with Gasteiger partial charge < -0.3 is 14.4 Å². The van der Waals surface area contributed by atoms with Gasteiger partial charge in [-0.3, -0.25) is 0 Å². The standard InChI is InChI=1S/C17H17F3N4O3S.Na/c1-11(25)22-28(26,27)13-7-5-12(6-8-13)24-15(14-4-3-9-23(14)2)10-16(21-24)17(18,19)20;/h4-8,10H,3,9H2,1-2H3,(H,22,25);/q;+1/p-1. The fourth-order valence-electron chi connectivity index (χ4n) is 2.85. The van der Waals surface area contributed by atoms with E-state index in [9.17, 15) is 26.4 Å². The van der Waals surface area contributed by atoms with Gasteiger partial charge in [0.1, 0.15) is 10.0 Å². The largest absolute Gasteiger partial charge is 1.00 e. The first-order chi connectivity index (χ1) is 13.0. The molecule has 0 atom stereocenters.